The van der Waals surface area contributed by atoms with Crippen LogP contribution in [0.4, 0.5) is 16.3 Å². The van der Waals surface area contributed by atoms with Gasteiger partial charge in [-0.2, -0.15) is 5.10 Å². The zero-order chi connectivity index (χ0) is 15.4. The summed E-state index contributed by atoms with van der Waals surface area (Å²) in [5.41, 5.74) is 1.86. The van der Waals surface area contributed by atoms with Gasteiger partial charge < -0.3 is 9.88 Å². The largest absolute Gasteiger partial charge is 0.331 e. The number of amides is 2. The van der Waals surface area contributed by atoms with Crippen LogP contribution in [0.3, 0.4) is 0 Å². The first-order valence-electron chi connectivity index (χ1n) is 6.85. The molecule has 0 aliphatic heterocycles. The number of H-pyrrole nitrogens is 1. The standard InChI is InChI=1S/C15H16N6O/c1-11-16-8-9-21(11)10-12-2-4-13(5-3-12)18-15(22)19-14-6-7-17-20-14/h2-9H,10H2,1H3,(H3,17,18,19,20,22). The number of aromatic nitrogens is 4. The van der Waals surface area contributed by atoms with E-state index in [0.29, 0.717) is 5.82 Å². The van der Waals surface area contributed by atoms with Crippen LogP contribution in [0.15, 0.2) is 48.9 Å². The van der Waals surface area contributed by atoms with E-state index in [4.69, 9.17) is 0 Å². The Bertz CT molecular complexity index is 745. The molecule has 3 N–H and O–H groups in total. The van der Waals surface area contributed by atoms with Gasteiger partial charge in [-0.3, -0.25) is 10.4 Å². The van der Waals surface area contributed by atoms with Gasteiger partial charge >= 0.3 is 6.03 Å². The molecular formula is C15H16N6O. The number of nitrogens with zero attached hydrogens (tertiary/aromatic N) is 3. The lowest BCUT2D eigenvalue weighted by atomic mass is 10.2. The second-order valence-corrected chi connectivity index (χ2v) is 4.85. The first-order valence-corrected chi connectivity index (χ1v) is 6.85. The van der Waals surface area contributed by atoms with E-state index in [1.165, 1.54) is 0 Å². The number of imidazole rings is 1. The summed E-state index contributed by atoms with van der Waals surface area (Å²) in [7, 11) is 0. The van der Waals surface area contributed by atoms with Crippen LogP contribution >= 0.6 is 0 Å². The number of nitrogens with one attached hydrogen (secondary N) is 3. The number of aryl methyl sites for hydroxylation is 1. The Morgan fingerprint density at radius 3 is 2.64 bits per heavy atom. The molecule has 0 aliphatic rings. The Morgan fingerprint density at radius 1 is 1.18 bits per heavy atom. The third-order valence-corrected chi connectivity index (χ3v) is 3.24. The average Bonchev–Trinajstić information content (AvgIpc) is 3.14. The van der Waals surface area contributed by atoms with Crippen molar-refractivity contribution in [3.8, 4) is 0 Å². The molecule has 7 heteroatoms. The molecule has 0 radical (unpaired) electrons. The number of carbonyl (C=O) groups is 1. The monoisotopic (exact) mass is 296 g/mol. The van der Waals surface area contributed by atoms with E-state index in [1.807, 2.05) is 37.4 Å². The SMILES string of the molecule is Cc1nccn1Cc1ccc(NC(=O)Nc2ccn[nH]2)cc1. The van der Waals surface area contributed by atoms with Gasteiger partial charge in [0, 0.05) is 30.7 Å². The quantitative estimate of drug-likeness (QED) is 0.691. The molecular weight excluding hydrogens is 280 g/mol. The van der Waals surface area contributed by atoms with E-state index in [-0.39, 0.29) is 6.03 Å². The normalized spacial score (nSPS) is 10.4. The van der Waals surface area contributed by atoms with Gasteiger partial charge in [-0.1, -0.05) is 12.1 Å². The van der Waals surface area contributed by atoms with Crippen molar-refractivity contribution < 1.29 is 4.79 Å². The molecule has 22 heavy (non-hydrogen) atoms. The van der Waals surface area contributed by atoms with Gasteiger partial charge in [0.15, 0.2) is 0 Å². The highest BCUT2D eigenvalue weighted by Crippen LogP contribution is 2.12. The fourth-order valence-corrected chi connectivity index (χ4v) is 2.07. The Morgan fingerprint density at radius 2 is 2.00 bits per heavy atom. The van der Waals surface area contributed by atoms with Crippen molar-refractivity contribution >= 4 is 17.5 Å². The molecule has 0 saturated heterocycles. The van der Waals surface area contributed by atoms with Crippen LogP contribution in [0.25, 0.3) is 0 Å². The third kappa shape index (κ3) is 3.32. The molecule has 112 valence electrons. The number of hydrogen-bond acceptors (Lipinski definition) is 3. The molecule has 0 fully saturated rings. The van der Waals surface area contributed by atoms with Gasteiger partial charge in [0.2, 0.25) is 0 Å². The lowest BCUT2D eigenvalue weighted by molar-refractivity contribution is 0.262. The van der Waals surface area contributed by atoms with E-state index in [0.717, 1.165) is 23.6 Å². The summed E-state index contributed by atoms with van der Waals surface area (Å²) >= 11 is 0. The molecule has 1 aromatic carbocycles. The Hall–Kier alpha value is -3.09. The highest BCUT2D eigenvalue weighted by molar-refractivity contribution is 5.99. The summed E-state index contributed by atoms with van der Waals surface area (Å²) in [6.07, 6.45) is 5.30. The highest BCUT2D eigenvalue weighted by atomic mass is 16.2. The molecule has 3 aromatic rings. The van der Waals surface area contributed by atoms with Crippen molar-refractivity contribution in [1.82, 2.24) is 19.7 Å². The number of urea groups is 1. The maximum Gasteiger partial charge on any atom is 0.324 e. The number of hydrogen-bond donors (Lipinski definition) is 3. The fraction of sp³-hybridized carbons (Fsp3) is 0.133. The van der Waals surface area contributed by atoms with Crippen LogP contribution < -0.4 is 10.6 Å². The molecule has 3 rings (SSSR count). The van der Waals surface area contributed by atoms with Crippen LogP contribution in [-0.4, -0.2) is 25.8 Å². The maximum atomic E-state index is 11.8. The summed E-state index contributed by atoms with van der Waals surface area (Å²) in [4.78, 5) is 16.0. The zero-order valence-corrected chi connectivity index (χ0v) is 12.1. The van der Waals surface area contributed by atoms with Crippen LogP contribution in [0.1, 0.15) is 11.4 Å². The minimum Gasteiger partial charge on any atom is -0.331 e. The molecule has 2 aromatic heterocycles. The predicted octanol–water partition coefficient (Wildman–Crippen LogP) is 2.61. The van der Waals surface area contributed by atoms with Gasteiger partial charge in [-0.25, -0.2) is 9.78 Å². The van der Waals surface area contributed by atoms with Crippen LogP contribution in [0.2, 0.25) is 0 Å². The number of aromatic amines is 1. The second-order valence-electron chi connectivity index (χ2n) is 4.85. The van der Waals surface area contributed by atoms with Crippen molar-refractivity contribution in [3.05, 3.63) is 60.3 Å². The van der Waals surface area contributed by atoms with E-state index in [1.54, 1.807) is 18.5 Å². The smallest absolute Gasteiger partial charge is 0.324 e. The van der Waals surface area contributed by atoms with Crippen molar-refractivity contribution in [1.29, 1.82) is 0 Å². The molecule has 0 bridgehead atoms. The van der Waals surface area contributed by atoms with Crippen LogP contribution in [0.5, 0.6) is 0 Å². The lowest BCUT2D eigenvalue weighted by Crippen LogP contribution is -2.19. The van der Waals surface area contributed by atoms with Gasteiger partial charge in [-0.15, -0.1) is 0 Å². The van der Waals surface area contributed by atoms with Gasteiger partial charge in [0.05, 0.1) is 6.20 Å². The zero-order valence-electron chi connectivity index (χ0n) is 12.1. The van der Waals surface area contributed by atoms with E-state index in [9.17, 15) is 4.79 Å². The Kier molecular flexibility index (Phi) is 3.86. The predicted molar refractivity (Wildman–Crippen MR) is 83.7 cm³/mol. The molecule has 0 atom stereocenters. The minimum absolute atomic E-state index is 0.317. The minimum atomic E-state index is -0.317. The summed E-state index contributed by atoms with van der Waals surface area (Å²) in [5.74, 6) is 1.52. The third-order valence-electron chi connectivity index (χ3n) is 3.24. The van der Waals surface area contributed by atoms with Crippen molar-refractivity contribution in [3.63, 3.8) is 0 Å². The molecule has 7 nitrogen and oxygen atoms in total. The molecule has 0 spiro atoms. The fourth-order valence-electron chi connectivity index (χ4n) is 2.07. The van der Waals surface area contributed by atoms with Crippen molar-refractivity contribution in [2.75, 3.05) is 10.6 Å². The van der Waals surface area contributed by atoms with Crippen LogP contribution in [-0.2, 0) is 6.54 Å². The van der Waals surface area contributed by atoms with Crippen molar-refractivity contribution in [2.24, 2.45) is 0 Å². The van der Waals surface area contributed by atoms with E-state index in [2.05, 4.69) is 30.4 Å². The average molecular weight is 296 g/mol. The van der Waals surface area contributed by atoms with Gasteiger partial charge in [0.25, 0.3) is 0 Å². The number of anilines is 2. The lowest BCUT2D eigenvalue weighted by Gasteiger charge is -2.08. The summed E-state index contributed by atoms with van der Waals surface area (Å²) < 4.78 is 2.06. The van der Waals surface area contributed by atoms with Crippen molar-refractivity contribution in [2.45, 2.75) is 13.5 Å². The maximum absolute atomic E-state index is 11.8. The topological polar surface area (TPSA) is 87.6 Å². The first kappa shape index (κ1) is 13.9. The summed E-state index contributed by atoms with van der Waals surface area (Å²) in [6.45, 7) is 2.72. The molecule has 2 heterocycles. The summed E-state index contributed by atoms with van der Waals surface area (Å²) in [6, 6.07) is 9.05. The Labute approximate surface area is 127 Å². The van der Waals surface area contributed by atoms with E-state index < -0.39 is 0 Å². The molecule has 0 saturated carbocycles. The number of rotatable bonds is 4. The van der Waals surface area contributed by atoms with Gasteiger partial charge in [0.1, 0.15) is 11.6 Å². The molecule has 2 amide bonds. The molecule has 0 unspecified atom stereocenters. The Balaban J connectivity index is 1.59. The molecule has 0 aliphatic carbocycles. The number of benzene rings is 1. The highest BCUT2D eigenvalue weighted by Gasteiger charge is 2.04. The van der Waals surface area contributed by atoms with Gasteiger partial charge in [-0.05, 0) is 24.6 Å². The first-order chi connectivity index (χ1) is 10.7. The summed E-state index contributed by atoms with van der Waals surface area (Å²) in [5, 5.41) is 11.8. The number of carbonyl (C=O) groups excluding carboxylic acids is 1. The van der Waals surface area contributed by atoms with Crippen LogP contribution in [0, 0.1) is 6.92 Å². The second kappa shape index (κ2) is 6.13. The van der Waals surface area contributed by atoms with E-state index >= 15 is 0 Å².